The zero-order valence-electron chi connectivity index (χ0n) is 11.7. The van der Waals surface area contributed by atoms with Crippen LogP contribution in [0.2, 0.25) is 0 Å². The Hall–Kier alpha value is -0.0700. The molecular formula is C17H29F. The predicted molar refractivity (Wildman–Crippen MR) is 74.3 cm³/mol. The molecule has 0 amide bonds. The number of halogens is 1. The van der Waals surface area contributed by atoms with Gasteiger partial charge in [0.2, 0.25) is 0 Å². The van der Waals surface area contributed by atoms with Gasteiger partial charge in [0.1, 0.15) is 6.17 Å². The summed E-state index contributed by atoms with van der Waals surface area (Å²) in [5, 5.41) is 0. The molecule has 3 fully saturated rings. The molecule has 3 aliphatic carbocycles. The van der Waals surface area contributed by atoms with Crippen molar-refractivity contribution in [3.05, 3.63) is 0 Å². The number of alkyl halides is 1. The Morgan fingerprint density at radius 2 is 1.00 bits per heavy atom. The first-order valence-electron chi connectivity index (χ1n) is 8.47. The van der Waals surface area contributed by atoms with Crippen LogP contribution in [0.15, 0.2) is 0 Å². The third-order valence-electron chi connectivity index (χ3n) is 6.20. The van der Waals surface area contributed by atoms with Crippen LogP contribution >= 0.6 is 0 Å². The fraction of sp³-hybridized carbons (Fsp3) is 1.00. The molecule has 0 bridgehead atoms. The maximum absolute atomic E-state index is 13.2. The van der Waals surface area contributed by atoms with Crippen molar-refractivity contribution in [2.45, 2.75) is 83.2 Å². The van der Waals surface area contributed by atoms with E-state index in [1.165, 1.54) is 64.2 Å². The highest BCUT2D eigenvalue weighted by Gasteiger charge is 2.36. The molecule has 0 aliphatic heterocycles. The van der Waals surface area contributed by atoms with E-state index in [-0.39, 0.29) is 0 Å². The summed E-state index contributed by atoms with van der Waals surface area (Å²) in [4.78, 5) is 0. The Morgan fingerprint density at radius 3 is 1.61 bits per heavy atom. The van der Waals surface area contributed by atoms with Crippen molar-refractivity contribution in [3.8, 4) is 0 Å². The topological polar surface area (TPSA) is 0 Å². The molecule has 104 valence electrons. The van der Waals surface area contributed by atoms with Gasteiger partial charge in [-0.05, 0) is 68.6 Å². The second kappa shape index (κ2) is 5.92. The quantitative estimate of drug-likeness (QED) is 0.607. The summed E-state index contributed by atoms with van der Waals surface area (Å²) in [6.07, 6.45) is 15.5. The molecular weight excluding hydrogens is 223 g/mol. The molecule has 1 heteroatoms. The Balaban J connectivity index is 1.48. The summed E-state index contributed by atoms with van der Waals surface area (Å²) in [6, 6.07) is 0. The van der Waals surface area contributed by atoms with E-state index in [4.69, 9.17) is 0 Å². The molecule has 1 unspecified atom stereocenters. The van der Waals surface area contributed by atoms with Gasteiger partial charge < -0.3 is 0 Å². The molecule has 3 aliphatic rings. The molecule has 0 heterocycles. The Bertz CT molecular complexity index is 248. The maximum Gasteiger partial charge on any atom is 0.100 e. The summed E-state index contributed by atoms with van der Waals surface area (Å²) in [7, 11) is 0. The molecule has 3 saturated carbocycles. The molecule has 0 spiro atoms. The monoisotopic (exact) mass is 252 g/mol. The van der Waals surface area contributed by atoms with Crippen LogP contribution in [0, 0.1) is 23.7 Å². The average Bonchev–Trinajstić information content (AvgIpc) is 2.90. The minimum absolute atomic E-state index is 0.475. The molecule has 0 aromatic rings. The first-order chi connectivity index (χ1) is 8.83. The second-order valence-electron chi connectivity index (χ2n) is 7.24. The predicted octanol–water partition coefficient (Wildman–Crippen LogP) is 5.51. The van der Waals surface area contributed by atoms with Gasteiger partial charge in [-0.2, -0.15) is 0 Å². The largest absolute Gasteiger partial charge is 0.247 e. The van der Waals surface area contributed by atoms with Crippen LogP contribution in [0.25, 0.3) is 0 Å². The fourth-order valence-electron chi connectivity index (χ4n) is 5.06. The van der Waals surface area contributed by atoms with E-state index in [9.17, 15) is 4.39 Å². The minimum Gasteiger partial charge on any atom is -0.247 e. The van der Waals surface area contributed by atoms with Crippen molar-refractivity contribution in [1.82, 2.24) is 0 Å². The Morgan fingerprint density at radius 1 is 0.500 bits per heavy atom. The van der Waals surface area contributed by atoms with Crippen LogP contribution in [-0.4, -0.2) is 6.17 Å². The lowest BCUT2D eigenvalue weighted by Gasteiger charge is -2.31. The van der Waals surface area contributed by atoms with Gasteiger partial charge in [0.15, 0.2) is 0 Å². The highest BCUT2D eigenvalue weighted by Crippen LogP contribution is 2.47. The van der Waals surface area contributed by atoms with Crippen molar-refractivity contribution in [2.24, 2.45) is 23.7 Å². The van der Waals surface area contributed by atoms with Crippen molar-refractivity contribution < 1.29 is 4.39 Å². The van der Waals surface area contributed by atoms with Gasteiger partial charge in [0.05, 0.1) is 0 Å². The molecule has 2 atom stereocenters. The Labute approximate surface area is 112 Å². The van der Waals surface area contributed by atoms with Gasteiger partial charge in [-0.15, -0.1) is 0 Å². The van der Waals surface area contributed by atoms with Crippen molar-refractivity contribution >= 4 is 0 Å². The maximum atomic E-state index is 13.2. The first-order valence-corrected chi connectivity index (χ1v) is 8.47. The average molecular weight is 252 g/mol. The van der Waals surface area contributed by atoms with Crippen LogP contribution in [0.3, 0.4) is 0 Å². The summed E-state index contributed by atoms with van der Waals surface area (Å²) in [5.74, 6) is 3.94. The van der Waals surface area contributed by atoms with E-state index < -0.39 is 6.17 Å². The van der Waals surface area contributed by atoms with Gasteiger partial charge in [0, 0.05) is 0 Å². The SMILES string of the molecule is FC1CCC(C2CC[C@@H](C3CCCCC3)C2)CC1. The van der Waals surface area contributed by atoms with Crippen molar-refractivity contribution in [2.75, 3.05) is 0 Å². The minimum atomic E-state index is -0.475. The van der Waals surface area contributed by atoms with Gasteiger partial charge in [0.25, 0.3) is 0 Å². The lowest BCUT2D eigenvalue weighted by molar-refractivity contribution is 0.160. The zero-order chi connectivity index (χ0) is 12.4. The molecule has 0 nitrogen and oxygen atoms in total. The van der Waals surface area contributed by atoms with E-state index in [0.29, 0.717) is 0 Å². The van der Waals surface area contributed by atoms with E-state index in [2.05, 4.69) is 0 Å². The Kier molecular flexibility index (Phi) is 4.26. The molecule has 0 aromatic carbocycles. The zero-order valence-corrected chi connectivity index (χ0v) is 11.7. The van der Waals surface area contributed by atoms with Crippen molar-refractivity contribution in [3.63, 3.8) is 0 Å². The van der Waals surface area contributed by atoms with E-state index in [0.717, 1.165) is 36.5 Å². The van der Waals surface area contributed by atoms with E-state index in [1.807, 2.05) is 0 Å². The standard InChI is InChI=1S/C17H29F/c18-17-10-8-14(9-11-17)16-7-6-15(12-16)13-4-2-1-3-5-13/h13-17H,1-12H2/t14?,15-,16?,17?/m1/s1. The summed E-state index contributed by atoms with van der Waals surface area (Å²) >= 11 is 0. The molecule has 0 radical (unpaired) electrons. The van der Waals surface area contributed by atoms with Gasteiger partial charge in [-0.3, -0.25) is 0 Å². The molecule has 0 aromatic heterocycles. The molecule has 3 rings (SSSR count). The molecule has 18 heavy (non-hydrogen) atoms. The smallest absolute Gasteiger partial charge is 0.100 e. The van der Waals surface area contributed by atoms with E-state index >= 15 is 0 Å². The molecule has 0 N–H and O–H groups in total. The highest BCUT2D eigenvalue weighted by molar-refractivity contribution is 4.87. The van der Waals surface area contributed by atoms with Gasteiger partial charge >= 0.3 is 0 Å². The van der Waals surface area contributed by atoms with Crippen LogP contribution in [0.1, 0.15) is 77.0 Å². The van der Waals surface area contributed by atoms with Crippen LogP contribution in [0.4, 0.5) is 4.39 Å². The summed E-state index contributed by atoms with van der Waals surface area (Å²) in [5.41, 5.74) is 0. The third kappa shape index (κ3) is 2.91. The number of hydrogen-bond acceptors (Lipinski definition) is 0. The highest BCUT2D eigenvalue weighted by atomic mass is 19.1. The van der Waals surface area contributed by atoms with Crippen LogP contribution in [0.5, 0.6) is 0 Å². The number of hydrogen-bond donors (Lipinski definition) is 0. The third-order valence-corrected chi connectivity index (χ3v) is 6.20. The fourth-order valence-corrected chi connectivity index (χ4v) is 5.06. The summed E-state index contributed by atoms with van der Waals surface area (Å²) < 4.78 is 13.2. The molecule has 0 saturated heterocycles. The first kappa shape index (κ1) is 12.9. The second-order valence-corrected chi connectivity index (χ2v) is 7.24. The van der Waals surface area contributed by atoms with Gasteiger partial charge in [-0.1, -0.05) is 32.1 Å². The van der Waals surface area contributed by atoms with Crippen LogP contribution < -0.4 is 0 Å². The van der Waals surface area contributed by atoms with E-state index in [1.54, 1.807) is 0 Å². The van der Waals surface area contributed by atoms with Crippen molar-refractivity contribution in [1.29, 1.82) is 0 Å². The number of rotatable bonds is 2. The normalized spacial score (nSPS) is 43.2. The lowest BCUT2D eigenvalue weighted by atomic mass is 9.75. The van der Waals surface area contributed by atoms with Gasteiger partial charge in [-0.25, -0.2) is 4.39 Å². The summed E-state index contributed by atoms with van der Waals surface area (Å²) in [6.45, 7) is 0. The van der Waals surface area contributed by atoms with Crippen LogP contribution in [-0.2, 0) is 0 Å². The lowest BCUT2D eigenvalue weighted by Crippen LogP contribution is -2.22.